The Hall–Kier alpha value is -2.87. The van der Waals surface area contributed by atoms with Crippen molar-refractivity contribution in [2.75, 3.05) is 0 Å². The molecular weight excluding hydrogens is 292 g/mol. The average Bonchev–Trinajstić information content (AvgIpc) is 2.99. The number of para-hydroxylation sites is 2. The zero-order valence-corrected chi connectivity index (χ0v) is 13.6. The van der Waals surface area contributed by atoms with E-state index in [0.717, 1.165) is 30.7 Å². The van der Waals surface area contributed by atoms with Crippen LogP contribution in [0.5, 0.6) is 0 Å². The van der Waals surface area contributed by atoms with Gasteiger partial charge in [0.25, 0.3) is 0 Å². The predicted molar refractivity (Wildman–Crippen MR) is 99.1 cm³/mol. The Morgan fingerprint density at radius 2 is 1.29 bits per heavy atom. The molecule has 2 nitrogen and oxygen atoms in total. The summed E-state index contributed by atoms with van der Waals surface area (Å²) in [4.78, 5) is 4.88. The predicted octanol–water partition coefficient (Wildman–Crippen LogP) is 4.87. The van der Waals surface area contributed by atoms with E-state index in [9.17, 15) is 0 Å². The van der Waals surface area contributed by atoms with Crippen molar-refractivity contribution in [2.24, 2.45) is 0 Å². The second-order valence-corrected chi connectivity index (χ2v) is 6.07. The molecule has 0 atom stereocenters. The second kappa shape index (κ2) is 6.71. The first kappa shape index (κ1) is 14.7. The van der Waals surface area contributed by atoms with E-state index in [1.54, 1.807) is 0 Å². The van der Waals surface area contributed by atoms with Gasteiger partial charge in [-0.15, -0.1) is 0 Å². The molecule has 118 valence electrons. The van der Waals surface area contributed by atoms with Crippen molar-refractivity contribution in [3.63, 3.8) is 0 Å². The van der Waals surface area contributed by atoms with Gasteiger partial charge in [0.05, 0.1) is 11.0 Å². The summed E-state index contributed by atoms with van der Waals surface area (Å²) in [5, 5.41) is 0. The van der Waals surface area contributed by atoms with Crippen molar-refractivity contribution >= 4 is 11.0 Å². The van der Waals surface area contributed by atoms with Crippen LogP contribution in [0.2, 0.25) is 0 Å². The molecule has 0 spiro atoms. The maximum atomic E-state index is 4.88. The summed E-state index contributed by atoms with van der Waals surface area (Å²) < 4.78 is 2.37. The molecule has 0 radical (unpaired) electrons. The first-order valence-electron chi connectivity index (χ1n) is 8.42. The van der Waals surface area contributed by atoms with Gasteiger partial charge in [0.1, 0.15) is 5.82 Å². The van der Waals surface area contributed by atoms with Gasteiger partial charge in [0.15, 0.2) is 0 Å². The highest BCUT2D eigenvalue weighted by atomic mass is 15.1. The van der Waals surface area contributed by atoms with E-state index in [0.29, 0.717) is 0 Å². The van der Waals surface area contributed by atoms with Crippen LogP contribution in [0.25, 0.3) is 11.0 Å². The molecule has 2 heteroatoms. The van der Waals surface area contributed by atoms with Crippen molar-refractivity contribution in [1.82, 2.24) is 9.55 Å². The van der Waals surface area contributed by atoms with E-state index in [4.69, 9.17) is 4.98 Å². The third kappa shape index (κ3) is 3.09. The maximum Gasteiger partial charge on any atom is 0.114 e. The molecule has 0 fully saturated rings. The van der Waals surface area contributed by atoms with Gasteiger partial charge < -0.3 is 4.57 Å². The summed E-state index contributed by atoms with van der Waals surface area (Å²) in [6.07, 6.45) is 1.88. The minimum atomic E-state index is 0.865. The summed E-state index contributed by atoms with van der Waals surface area (Å²) in [6, 6.07) is 29.6. The topological polar surface area (TPSA) is 17.8 Å². The Labute approximate surface area is 142 Å². The number of rotatable bonds is 5. The largest absolute Gasteiger partial charge is 0.327 e. The molecule has 0 N–H and O–H groups in total. The summed E-state index contributed by atoms with van der Waals surface area (Å²) in [7, 11) is 0. The molecule has 0 aliphatic heterocycles. The van der Waals surface area contributed by atoms with Crippen LogP contribution in [0.15, 0.2) is 84.9 Å². The van der Waals surface area contributed by atoms with Crippen molar-refractivity contribution in [1.29, 1.82) is 0 Å². The van der Waals surface area contributed by atoms with Crippen LogP contribution in [0.3, 0.4) is 0 Å². The van der Waals surface area contributed by atoms with Gasteiger partial charge in [0.2, 0.25) is 0 Å². The Bertz CT molecular complexity index is 924. The fraction of sp³-hybridized carbons (Fsp3) is 0.136. The summed E-state index contributed by atoms with van der Waals surface area (Å²) in [5.74, 6) is 1.14. The van der Waals surface area contributed by atoms with Gasteiger partial charge in [-0.05, 0) is 29.7 Å². The molecule has 0 unspecified atom stereocenters. The molecule has 3 aromatic carbocycles. The van der Waals surface area contributed by atoms with Gasteiger partial charge in [0, 0.05) is 13.0 Å². The number of hydrogen-bond acceptors (Lipinski definition) is 1. The Morgan fingerprint density at radius 1 is 0.667 bits per heavy atom. The molecule has 0 aliphatic rings. The quantitative estimate of drug-likeness (QED) is 0.514. The molecule has 1 aromatic heterocycles. The fourth-order valence-corrected chi connectivity index (χ4v) is 3.17. The first-order valence-corrected chi connectivity index (χ1v) is 8.42. The lowest BCUT2D eigenvalue weighted by Crippen LogP contribution is -2.07. The van der Waals surface area contributed by atoms with Gasteiger partial charge in [-0.1, -0.05) is 72.8 Å². The van der Waals surface area contributed by atoms with Crippen LogP contribution >= 0.6 is 0 Å². The van der Waals surface area contributed by atoms with Gasteiger partial charge >= 0.3 is 0 Å². The molecule has 0 saturated carbocycles. The highest BCUT2D eigenvalue weighted by molar-refractivity contribution is 5.76. The SMILES string of the molecule is c1ccc(CCn2c(Cc3ccccc3)nc3ccccc32)cc1. The molecule has 0 bridgehead atoms. The van der Waals surface area contributed by atoms with Crippen molar-refractivity contribution in [2.45, 2.75) is 19.4 Å². The van der Waals surface area contributed by atoms with Crippen LogP contribution in [-0.4, -0.2) is 9.55 Å². The van der Waals surface area contributed by atoms with Gasteiger partial charge in [-0.2, -0.15) is 0 Å². The zero-order chi connectivity index (χ0) is 16.2. The third-order valence-electron chi connectivity index (χ3n) is 4.41. The number of aromatic nitrogens is 2. The van der Waals surface area contributed by atoms with Crippen molar-refractivity contribution in [3.05, 3.63) is 102 Å². The summed E-state index contributed by atoms with van der Waals surface area (Å²) in [6.45, 7) is 0.951. The Morgan fingerprint density at radius 3 is 2.04 bits per heavy atom. The number of nitrogens with zero attached hydrogens (tertiary/aromatic N) is 2. The molecule has 0 aliphatic carbocycles. The van der Waals surface area contributed by atoms with Crippen LogP contribution in [0.1, 0.15) is 17.0 Å². The van der Waals surface area contributed by atoms with Crippen LogP contribution in [0, 0.1) is 0 Å². The minimum absolute atomic E-state index is 0.865. The van der Waals surface area contributed by atoms with Gasteiger partial charge in [-0.25, -0.2) is 4.98 Å². The van der Waals surface area contributed by atoms with E-state index < -0.39 is 0 Å². The number of benzene rings is 3. The lowest BCUT2D eigenvalue weighted by molar-refractivity contribution is 0.679. The first-order chi connectivity index (χ1) is 11.9. The molecule has 0 saturated heterocycles. The van der Waals surface area contributed by atoms with E-state index in [2.05, 4.69) is 89.5 Å². The molecule has 24 heavy (non-hydrogen) atoms. The minimum Gasteiger partial charge on any atom is -0.327 e. The van der Waals surface area contributed by atoms with E-state index in [1.165, 1.54) is 16.6 Å². The smallest absolute Gasteiger partial charge is 0.114 e. The van der Waals surface area contributed by atoms with E-state index >= 15 is 0 Å². The van der Waals surface area contributed by atoms with E-state index in [-0.39, 0.29) is 0 Å². The third-order valence-corrected chi connectivity index (χ3v) is 4.41. The average molecular weight is 312 g/mol. The molecular formula is C22H20N2. The Balaban J connectivity index is 1.67. The lowest BCUT2D eigenvalue weighted by atomic mass is 10.1. The van der Waals surface area contributed by atoms with Crippen LogP contribution < -0.4 is 0 Å². The van der Waals surface area contributed by atoms with Crippen molar-refractivity contribution < 1.29 is 0 Å². The zero-order valence-electron chi connectivity index (χ0n) is 13.6. The maximum absolute atomic E-state index is 4.88. The molecule has 0 amide bonds. The Kier molecular flexibility index (Phi) is 4.11. The standard InChI is InChI=1S/C22H20N2/c1-3-9-18(10-4-1)15-16-24-21-14-8-7-13-20(21)23-22(24)17-19-11-5-2-6-12-19/h1-14H,15-17H2. The normalized spacial score (nSPS) is 11.0. The second-order valence-electron chi connectivity index (χ2n) is 6.07. The van der Waals surface area contributed by atoms with Crippen molar-refractivity contribution in [3.8, 4) is 0 Å². The molecule has 1 heterocycles. The number of fused-ring (bicyclic) bond motifs is 1. The van der Waals surface area contributed by atoms with E-state index in [1.807, 2.05) is 0 Å². The number of imidazole rings is 1. The lowest BCUT2D eigenvalue weighted by Gasteiger charge is -2.10. The van der Waals surface area contributed by atoms with Crippen LogP contribution in [-0.2, 0) is 19.4 Å². The van der Waals surface area contributed by atoms with Crippen LogP contribution in [0.4, 0.5) is 0 Å². The number of aryl methyl sites for hydroxylation is 2. The van der Waals surface area contributed by atoms with Gasteiger partial charge in [-0.3, -0.25) is 0 Å². The summed E-state index contributed by atoms with van der Waals surface area (Å²) >= 11 is 0. The molecule has 4 aromatic rings. The highest BCUT2D eigenvalue weighted by Crippen LogP contribution is 2.19. The highest BCUT2D eigenvalue weighted by Gasteiger charge is 2.11. The molecule has 4 rings (SSSR count). The fourth-order valence-electron chi connectivity index (χ4n) is 3.17. The summed E-state index contributed by atoms with van der Waals surface area (Å²) in [5.41, 5.74) is 4.96. The number of hydrogen-bond donors (Lipinski definition) is 0. The monoisotopic (exact) mass is 312 g/mol.